The Balaban J connectivity index is 1.69. The number of nitrogens with zero attached hydrogens (tertiary/aromatic N) is 2. The van der Waals surface area contributed by atoms with E-state index in [0.29, 0.717) is 22.7 Å². The monoisotopic (exact) mass is 407 g/mol. The van der Waals surface area contributed by atoms with Crippen molar-refractivity contribution >= 4 is 5.91 Å². The first kappa shape index (κ1) is 20.0. The van der Waals surface area contributed by atoms with Crippen LogP contribution in [0.4, 0.5) is 0 Å². The number of rotatable bonds is 6. The summed E-state index contributed by atoms with van der Waals surface area (Å²) in [7, 11) is 0. The number of aromatic nitrogens is 1. The Bertz CT molecular complexity index is 1220. The fourth-order valence-corrected chi connectivity index (χ4v) is 3.40. The zero-order valence-corrected chi connectivity index (χ0v) is 17.0. The summed E-state index contributed by atoms with van der Waals surface area (Å²) in [5.41, 5.74) is 2.23. The van der Waals surface area contributed by atoms with Gasteiger partial charge in [-0.25, -0.2) is 0 Å². The molecule has 1 atom stereocenters. The highest BCUT2D eigenvalue weighted by Gasteiger charge is 2.22. The van der Waals surface area contributed by atoms with Gasteiger partial charge in [0.1, 0.15) is 17.5 Å². The maximum Gasteiger partial charge on any atom is 0.270 e. The fourth-order valence-electron chi connectivity index (χ4n) is 3.40. The number of benzene rings is 3. The summed E-state index contributed by atoms with van der Waals surface area (Å²) in [6.07, 6.45) is 1.72. The minimum atomic E-state index is -0.326. The maximum atomic E-state index is 13.2. The highest BCUT2D eigenvalue weighted by Crippen LogP contribution is 2.30. The standard InChI is InChI=1S/C26H21N3O2/c1-19(20-10-4-2-5-11-20)28-26(30)25-21(18-27)16-17-29(25)23-14-8-9-15-24(23)31-22-12-6-3-7-13-22/h2-17,19H,1H3,(H,28,30). The van der Waals surface area contributed by atoms with Crippen LogP contribution in [0, 0.1) is 11.3 Å². The summed E-state index contributed by atoms with van der Waals surface area (Å²) in [5.74, 6) is 0.942. The molecule has 5 nitrogen and oxygen atoms in total. The molecule has 0 bridgehead atoms. The van der Waals surface area contributed by atoms with E-state index in [2.05, 4.69) is 11.4 Å². The molecule has 1 unspecified atom stereocenters. The van der Waals surface area contributed by atoms with Gasteiger partial charge in [-0.1, -0.05) is 60.7 Å². The zero-order valence-electron chi connectivity index (χ0n) is 17.0. The van der Waals surface area contributed by atoms with Crippen LogP contribution < -0.4 is 10.1 Å². The molecule has 0 saturated carbocycles. The zero-order chi connectivity index (χ0) is 21.6. The highest BCUT2D eigenvalue weighted by atomic mass is 16.5. The molecule has 1 N–H and O–H groups in total. The van der Waals surface area contributed by atoms with Gasteiger partial charge in [-0.15, -0.1) is 0 Å². The van der Waals surface area contributed by atoms with Crippen LogP contribution in [0.2, 0.25) is 0 Å². The normalized spacial score (nSPS) is 11.4. The molecule has 0 aliphatic carbocycles. The van der Waals surface area contributed by atoms with Crippen LogP contribution in [0.3, 0.4) is 0 Å². The second kappa shape index (κ2) is 9.02. The lowest BCUT2D eigenvalue weighted by Crippen LogP contribution is -2.29. The average molecular weight is 407 g/mol. The van der Waals surface area contributed by atoms with E-state index in [9.17, 15) is 10.1 Å². The maximum absolute atomic E-state index is 13.2. The van der Waals surface area contributed by atoms with E-state index < -0.39 is 0 Å². The summed E-state index contributed by atoms with van der Waals surface area (Å²) in [4.78, 5) is 13.2. The Morgan fingerprint density at radius 3 is 2.29 bits per heavy atom. The molecule has 4 rings (SSSR count). The van der Waals surface area contributed by atoms with Crippen molar-refractivity contribution in [3.63, 3.8) is 0 Å². The number of ether oxygens (including phenoxy) is 1. The molecule has 0 aliphatic rings. The van der Waals surface area contributed by atoms with E-state index in [1.807, 2.05) is 91.9 Å². The number of nitrogens with one attached hydrogen (secondary N) is 1. The van der Waals surface area contributed by atoms with Gasteiger partial charge < -0.3 is 14.6 Å². The fraction of sp³-hybridized carbons (Fsp3) is 0.0769. The van der Waals surface area contributed by atoms with E-state index in [1.165, 1.54) is 0 Å². The van der Waals surface area contributed by atoms with E-state index in [0.717, 1.165) is 5.56 Å². The lowest BCUT2D eigenvalue weighted by molar-refractivity contribution is 0.0932. The summed E-state index contributed by atoms with van der Waals surface area (Å²) < 4.78 is 7.75. The van der Waals surface area contributed by atoms with Crippen molar-refractivity contribution in [3.8, 4) is 23.3 Å². The quantitative estimate of drug-likeness (QED) is 0.450. The van der Waals surface area contributed by atoms with Crippen molar-refractivity contribution in [1.82, 2.24) is 9.88 Å². The Kier molecular flexibility index (Phi) is 5.82. The van der Waals surface area contributed by atoms with Crippen LogP contribution in [0.1, 0.15) is 34.6 Å². The van der Waals surface area contributed by atoms with E-state index >= 15 is 0 Å². The Hall–Kier alpha value is -4.30. The van der Waals surface area contributed by atoms with Gasteiger partial charge in [-0.05, 0) is 42.8 Å². The number of para-hydroxylation sites is 3. The summed E-state index contributed by atoms with van der Waals surface area (Å²) in [6.45, 7) is 1.92. The van der Waals surface area contributed by atoms with Gasteiger partial charge in [0.2, 0.25) is 0 Å². The largest absolute Gasteiger partial charge is 0.455 e. The molecule has 1 amide bonds. The Morgan fingerprint density at radius 2 is 1.58 bits per heavy atom. The SMILES string of the molecule is CC(NC(=O)c1c(C#N)ccn1-c1ccccc1Oc1ccccc1)c1ccccc1. The number of hydrogen-bond donors (Lipinski definition) is 1. The van der Waals surface area contributed by atoms with Crippen molar-refractivity contribution in [2.45, 2.75) is 13.0 Å². The van der Waals surface area contributed by atoms with Crippen LogP contribution >= 0.6 is 0 Å². The predicted octanol–water partition coefficient (Wildman–Crippen LogP) is 5.63. The smallest absolute Gasteiger partial charge is 0.270 e. The van der Waals surface area contributed by atoms with Gasteiger partial charge in [0.15, 0.2) is 5.75 Å². The van der Waals surface area contributed by atoms with Gasteiger partial charge in [-0.2, -0.15) is 5.26 Å². The van der Waals surface area contributed by atoms with E-state index in [4.69, 9.17) is 4.74 Å². The van der Waals surface area contributed by atoms with Gasteiger partial charge >= 0.3 is 0 Å². The number of nitriles is 1. The third kappa shape index (κ3) is 4.34. The summed E-state index contributed by atoms with van der Waals surface area (Å²) in [6, 6.07) is 30.1. The minimum absolute atomic E-state index is 0.209. The first-order chi connectivity index (χ1) is 15.2. The molecule has 3 aromatic carbocycles. The summed E-state index contributed by atoms with van der Waals surface area (Å²) in [5, 5.41) is 12.6. The van der Waals surface area contributed by atoms with Crippen LogP contribution in [0.25, 0.3) is 5.69 Å². The van der Waals surface area contributed by atoms with Crippen molar-refractivity contribution in [1.29, 1.82) is 5.26 Å². The minimum Gasteiger partial charge on any atom is -0.455 e. The molecule has 4 aromatic rings. The third-order valence-corrected chi connectivity index (χ3v) is 4.96. The molecule has 1 aromatic heterocycles. The molecule has 0 aliphatic heterocycles. The first-order valence-electron chi connectivity index (χ1n) is 9.97. The van der Waals surface area contributed by atoms with E-state index in [-0.39, 0.29) is 17.6 Å². The number of carbonyl (C=O) groups excluding carboxylic acids is 1. The van der Waals surface area contributed by atoms with Crippen molar-refractivity contribution in [2.75, 3.05) is 0 Å². The molecule has 152 valence electrons. The average Bonchev–Trinajstić information content (AvgIpc) is 3.25. The van der Waals surface area contributed by atoms with Crippen LogP contribution in [0.15, 0.2) is 97.2 Å². The van der Waals surface area contributed by atoms with Crippen molar-refractivity contribution < 1.29 is 9.53 Å². The predicted molar refractivity (Wildman–Crippen MR) is 119 cm³/mol. The van der Waals surface area contributed by atoms with Gasteiger partial charge in [0.25, 0.3) is 5.91 Å². The molecule has 0 radical (unpaired) electrons. The summed E-state index contributed by atoms with van der Waals surface area (Å²) >= 11 is 0. The van der Waals surface area contributed by atoms with Crippen molar-refractivity contribution in [3.05, 3.63) is 114 Å². The number of amides is 1. The number of hydrogen-bond acceptors (Lipinski definition) is 3. The number of carbonyl (C=O) groups is 1. The molecule has 31 heavy (non-hydrogen) atoms. The van der Waals surface area contributed by atoms with Gasteiger partial charge in [0.05, 0.1) is 17.3 Å². The van der Waals surface area contributed by atoms with Gasteiger partial charge in [0, 0.05) is 6.20 Å². The van der Waals surface area contributed by atoms with E-state index in [1.54, 1.807) is 16.8 Å². The third-order valence-electron chi connectivity index (χ3n) is 4.96. The lowest BCUT2D eigenvalue weighted by atomic mass is 10.1. The van der Waals surface area contributed by atoms with Crippen LogP contribution in [-0.4, -0.2) is 10.5 Å². The van der Waals surface area contributed by atoms with Gasteiger partial charge in [-0.3, -0.25) is 4.79 Å². The Morgan fingerprint density at radius 1 is 0.935 bits per heavy atom. The van der Waals surface area contributed by atoms with Crippen LogP contribution in [0.5, 0.6) is 11.5 Å². The second-order valence-electron chi connectivity index (χ2n) is 7.05. The van der Waals surface area contributed by atoms with Crippen molar-refractivity contribution in [2.24, 2.45) is 0 Å². The second-order valence-corrected chi connectivity index (χ2v) is 7.05. The molecular weight excluding hydrogens is 386 g/mol. The molecule has 5 heteroatoms. The van der Waals surface area contributed by atoms with Crippen LogP contribution in [-0.2, 0) is 0 Å². The molecule has 0 fully saturated rings. The molecule has 1 heterocycles. The first-order valence-corrected chi connectivity index (χ1v) is 9.97. The Labute approximate surface area is 181 Å². The molecular formula is C26H21N3O2. The lowest BCUT2D eigenvalue weighted by Gasteiger charge is -2.17. The molecule has 0 saturated heterocycles. The topological polar surface area (TPSA) is 67.0 Å². The highest BCUT2D eigenvalue weighted by molar-refractivity contribution is 5.96. The molecule has 0 spiro atoms.